The molecule has 6 N–H and O–H groups in total. The summed E-state index contributed by atoms with van der Waals surface area (Å²) >= 11 is 9.41. The van der Waals surface area contributed by atoms with Crippen molar-refractivity contribution in [2.24, 2.45) is 10.3 Å². The van der Waals surface area contributed by atoms with Crippen LogP contribution in [0.2, 0.25) is 0 Å². The van der Waals surface area contributed by atoms with Gasteiger partial charge in [0.05, 0.1) is 8.95 Å². The van der Waals surface area contributed by atoms with E-state index in [4.69, 9.17) is 8.92 Å². The zero-order valence-electron chi connectivity index (χ0n) is 29.0. The molecule has 0 atom stereocenters. The van der Waals surface area contributed by atoms with Gasteiger partial charge in [-0.25, -0.2) is 13.2 Å². The SMILES string of the molecule is O=C(O)C1=Cc2cc(Br)c(OS(=O)(=O)[O-])c(c2)-c2cc(cc(Br)c2[O-])C/C(=N\O)C(=O)NCCSSCCNC(=O)/C(=N/O)Cc2cc(Br)c(O)c(c2)O1.[Na+].[Na+]. The van der Waals surface area contributed by atoms with Crippen LogP contribution in [-0.4, -0.2) is 87.4 Å². The maximum absolute atomic E-state index is 13.5. The summed E-state index contributed by atoms with van der Waals surface area (Å²) in [7, 11) is -2.70. The Hall–Kier alpha value is -2.00. The molecule has 1 aliphatic heterocycles. The van der Waals surface area contributed by atoms with E-state index in [1.807, 2.05) is 0 Å². The minimum absolute atomic E-state index is 0. The number of hydrogen-bond donors (Lipinski definition) is 6. The van der Waals surface area contributed by atoms with Gasteiger partial charge in [-0.05, 0) is 90.5 Å². The molecule has 6 bridgehead atoms. The monoisotopic (exact) mass is 1040 g/mol. The van der Waals surface area contributed by atoms with Gasteiger partial charge in [0.15, 0.2) is 17.2 Å². The molecule has 1 aliphatic rings. The number of carboxylic acids is 1. The number of ether oxygens (including phenoxy) is 1. The van der Waals surface area contributed by atoms with E-state index < -0.39 is 56.9 Å². The third-order valence-corrected chi connectivity index (χ3v) is 11.6. The number of nitrogens with one attached hydrogen (secondary N) is 2. The standard InChI is InChI=1S/C31H27Br3N4O13S3.2Na/c32-19-7-14-5-17(26(19)39)18-6-15(9-21(34)28(18)51-54(47,48)49)13-25(31(43)44)50-24-12-16(8-20(33)27(24)40)11-23(38-46)30(42)36-2-4-53-52-3-1-35-29(41)22(10-14)37-45;;/h5-9,12-13,39-40,45-46H,1-4,10-11H2,(H,35,41)(H,36,42)(H,43,44)(H,47,48,49);;/q;2*+1/p-2/b25-13?,37-22+,38-23+;;. The number of oxime groups is 2. The number of aliphatic carboxylic acids is 1. The van der Waals surface area contributed by atoms with Crippen molar-refractivity contribution < 1.29 is 121 Å². The Kier molecular flexibility index (Phi) is 20.6. The molecule has 3 aromatic carbocycles. The van der Waals surface area contributed by atoms with Crippen LogP contribution >= 0.6 is 69.4 Å². The summed E-state index contributed by atoms with van der Waals surface area (Å²) < 4.78 is 45.3. The van der Waals surface area contributed by atoms with Crippen molar-refractivity contribution >= 4 is 115 Å². The number of aromatic hydroxyl groups is 1. The van der Waals surface area contributed by atoms with Crippen molar-refractivity contribution in [3.05, 3.63) is 72.3 Å². The average molecular weight is 1040 g/mol. The fourth-order valence-electron chi connectivity index (χ4n) is 4.69. The molecule has 25 heteroatoms. The summed E-state index contributed by atoms with van der Waals surface area (Å²) in [6.07, 6.45) is 0.336. The second kappa shape index (κ2) is 23.0. The molecule has 0 aromatic heterocycles. The molecule has 56 heavy (non-hydrogen) atoms. The van der Waals surface area contributed by atoms with E-state index in [-0.39, 0.29) is 138 Å². The Labute approximate surface area is 396 Å². The van der Waals surface area contributed by atoms with E-state index in [1.54, 1.807) is 0 Å². The van der Waals surface area contributed by atoms with Crippen molar-refractivity contribution in [1.29, 1.82) is 0 Å². The number of hydrogen-bond acceptors (Lipinski definition) is 16. The number of nitrogens with zero attached hydrogens (tertiary/aromatic N) is 2. The predicted molar refractivity (Wildman–Crippen MR) is 206 cm³/mol. The molecule has 288 valence electrons. The molecule has 0 fully saturated rings. The number of carbonyl (C=O) groups is 3. The first kappa shape index (κ1) is 50.1. The Morgan fingerprint density at radius 2 is 1.38 bits per heavy atom. The summed E-state index contributed by atoms with van der Waals surface area (Å²) in [5.74, 6) is -5.38. The molecule has 0 saturated heterocycles. The third kappa shape index (κ3) is 14.1. The first-order valence-electron chi connectivity index (χ1n) is 14.9. The second-order valence-electron chi connectivity index (χ2n) is 10.8. The van der Waals surface area contributed by atoms with Crippen molar-refractivity contribution in [3.63, 3.8) is 0 Å². The quantitative estimate of drug-likeness (QED) is 0.0420. The van der Waals surface area contributed by atoms with Crippen LogP contribution in [-0.2, 0) is 37.6 Å². The van der Waals surface area contributed by atoms with Crippen LogP contribution in [0.3, 0.4) is 0 Å². The van der Waals surface area contributed by atoms with Gasteiger partial charge in [-0.15, -0.1) is 0 Å². The Bertz CT molecular complexity index is 2200. The first-order valence-corrected chi connectivity index (χ1v) is 21.1. The number of fused-ring (bicyclic) bond motifs is 7. The summed E-state index contributed by atoms with van der Waals surface area (Å²) in [5.41, 5.74) is -0.857. The summed E-state index contributed by atoms with van der Waals surface area (Å²) in [6, 6.07) is 7.43. The average Bonchev–Trinajstić information content (AvgIpc) is 3.10. The van der Waals surface area contributed by atoms with Crippen molar-refractivity contribution in [1.82, 2.24) is 10.6 Å². The molecule has 0 radical (unpaired) electrons. The fourth-order valence-corrected chi connectivity index (χ4v) is 8.55. The van der Waals surface area contributed by atoms with E-state index in [2.05, 4.69) is 68.7 Å². The van der Waals surface area contributed by atoms with Crippen LogP contribution in [0.4, 0.5) is 0 Å². The van der Waals surface area contributed by atoms with Crippen LogP contribution in [0.1, 0.15) is 16.7 Å². The van der Waals surface area contributed by atoms with Gasteiger partial charge < -0.3 is 49.8 Å². The number of carbonyl (C=O) groups excluding carboxylic acids is 2. The minimum Gasteiger partial charge on any atom is -0.871 e. The van der Waals surface area contributed by atoms with E-state index in [9.17, 15) is 53.1 Å². The van der Waals surface area contributed by atoms with Gasteiger partial charge in [0, 0.05) is 47.5 Å². The number of amides is 2. The fraction of sp³-hybridized carbons (Fsp3) is 0.194. The Morgan fingerprint density at radius 1 is 0.839 bits per heavy atom. The Morgan fingerprint density at radius 3 is 1.89 bits per heavy atom. The van der Waals surface area contributed by atoms with Crippen LogP contribution < -0.4 is 83.8 Å². The molecule has 0 unspecified atom stereocenters. The van der Waals surface area contributed by atoms with Crippen LogP contribution in [0.25, 0.3) is 17.2 Å². The molecule has 17 nitrogen and oxygen atoms in total. The zero-order chi connectivity index (χ0) is 39.7. The Balaban J connectivity index is 0.00000541. The van der Waals surface area contributed by atoms with E-state index >= 15 is 0 Å². The zero-order valence-corrected chi connectivity index (χ0v) is 40.2. The normalized spacial score (nSPS) is 16.2. The van der Waals surface area contributed by atoms with E-state index in [0.717, 1.165) is 18.2 Å². The molecule has 2 amide bonds. The van der Waals surface area contributed by atoms with E-state index in [1.165, 1.54) is 45.9 Å². The van der Waals surface area contributed by atoms with Gasteiger partial charge in [0.25, 0.3) is 22.2 Å². The van der Waals surface area contributed by atoms with E-state index in [0.29, 0.717) is 11.5 Å². The molecular formula is C31H25Br3N4Na2O13S3. The molecular weight excluding hydrogens is 1020 g/mol. The van der Waals surface area contributed by atoms with Gasteiger partial charge >= 0.3 is 65.1 Å². The van der Waals surface area contributed by atoms with Gasteiger partial charge in [0.2, 0.25) is 5.76 Å². The maximum Gasteiger partial charge on any atom is 1.00 e. The van der Waals surface area contributed by atoms with Gasteiger partial charge in [-0.3, -0.25) is 9.59 Å². The van der Waals surface area contributed by atoms with Crippen LogP contribution in [0, 0.1) is 0 Å². The summed E-state index contributed by atoms with van der Waals surface area (Å²) in [6.45, 7) is 0.337. The number of phenolic OH excluding ortho intramolecular Hbond substituents is 1. The number of carboxylic acid groups (broad SMARTS) is 1. The largest absolute Gasteiger partial charge is 1.00 e. The third-order valence-electron chi connectivity index (χ3n) is 7.00. The maximum atomic E-state index is 13.5. The predicted octanol–water partition coefficient (Wildman–Crippen LogP) is -1.86. The molecule has 4 rings (SSSR count). The molecule has 0 aliphatic carbocycles. The topological polar surface area (TPSA) is 280 Å². The van der Waals surface area contributed by atoms with Crippen molar-refractivity contribution in [2.75, 3.05) is 24.6 Å². The van der Waals surface area contributed by atoms with Gasteiger partial charge in [-0.1, -0.05) is 59.6 Å². The van der Waals surface area contributed by atoms with Crippen LogP contribution in [0.5, 0.6) is 23.0 Å². The smallest absolute Gasteiger partial charge is 0.871 e. The number of phenols is 1. The van der Waals surface area contributed by atoms with Gasteiger partial charge in [-0.2, -0.15) is 0 Å². The number of benzene rings is 3. The number of rotatable bonds is 3. The second-order valence-corrected chi connectivity index (χ2v) is 17.0. The molecule has 0 spiro atoms. The minimum atomic E-state index is -5.45. The molecule has 3 aromatic rings. The molecule has 0 saturated carbocycles. The van der Waals surface area contributed by atoms with Crippen LogP contribution in [0.15, 0.2) is 65.9 Å². The first-order chi connectivity index (χ1) is 25.5. The summed E-state index contributed by atoms with van der Waals surface area (Å²) in [4.78, 5) is 38.0. The van der Waals surface area contributed by atoms with Gasteiger partial charge in [0.1, 0.15) is 11.4 Å². The summed E-state index contributed by atoms with van der Waals surface area (Å²) in [5, 5.41) is 64.9. The van der Waals surface area contributed by atoms with Crippen molar-refractivity contribution in [2.45, 2.75) is 12.8 Å². The van der Waals surface area contributed by atoms with Crippen molar-refractivity contribution in [3.8, 4) is 34.1 Å². The number of halogens is 3. The molecule has 1 heterocycles.